The lowest BCUT2D eigenvalue weighted by Crippen LogP contribution is -2.38. The summed E-state index contributed by atoms with van der Waals surface area (Å²) in [6.07, 6.45) is 0. The Kier molecular flexibility index (Phi) is 1.17. The summed E-state index contributed by atoms with van der Waals surface area (Å²) in [5.74, 6) is 0. The second kappa shape index (κ2) is 1.70. The van der Waals surface area contributed by atoms with Gasteiger partial charge in [0.25, 0.3) is 0 Å². The number of rotatable bonds is 0. The molecule has 1 rings (SSSR count). The van der Waals surface area contributed by atoms with Crippen molar-refractivity contribution >= 4 is 11.6 Å². The van der Waals surface area contributed by atoms with Crippen LogP contribution in [0.3, 0.4) is 0 Å². The molecule has 5 heteroatoms. The molecule has 0 unspecified atom stereocenters. The van der Waals surface area contributed by atoms with Gasteiger partial charge in [-0.1, -0.05) is 4.80 Å². The number of tetrazole rings is 1. The molecule has 0 fully saturated rings. The fourth-order valence-electron chi connectivity index (χ4n) is 0.346. The van der Waals surface area contributed by atoms with Gasteiger partial charge in [-0.2, -0.15) is 0 Å². The molecule has 8 heavy (non-hydrogen) atoms. The Morgan fingerprint density at radius 1 is 1.75 bits per heavy atom. The van der Waals surface area contributed by atoms with Crippen molar-refractivity contribution < 1.29 is 4.68 Å². The van der Waals surface area contributed by atoms with E-state index in [4.69, 9.17) is 11.6 Å². The van der Waals surface area contributed by atoms with Crippen LogP contribution in [0.15, 0.2) is 0 Å². The van der Waals surface area contributed by atoms with Crippen LogP contribution in [0.2, 0.25) is 5.28 Å². The van der Waals surface area contributed by atoms with Crippen molar-refractivity contribution in [3.63, 3.8) is 0 Å². The summed E-state index contributed by atoms with van der Waals surface area (Å²) < 4.78 is 1.63. The van der Waals surface area contributed by atoms with Crippen LogP contribution >= 0.6 is 11.6 Å². The lowest BCUT2D eigenvalue weighted by atomic mass is 11.2. The molecule has 0 saturated carbocycles. The van der Waals surface area contributed by atoms with Gasteiger partial charge in [0.2, 0.25) is 0 Å². The quantitative estimate of drug-likeness (QED) is 0.439. The molecule has 0 radical (unpaired) electrons. The van der Waals surface area contributed by atoms with Crippen molar-refractivity contribution in [2.75, 3.05) is 0 Å². The van der Waals surface area contributed by atoms with E-state index in [1.165, 1.54) is 0 Å². The predicted molar refractivity (Wildman–Crippen MR) is 27.2 cm³/mol. The van der Waals surface area contributed by atoms with Crippen LogP contribution in [0, 0.1) is 0 Å². The van der Waals surface area contributed by atoms with E-state index in [-0.39, 0.29) is 0 Å². The van der Waals surface area contributed by atoms with Gasteiger partial charge in [0.1, 0.15) is 5.10 Å². The highest BCUT2D eigenvalue weighted by molar-refractivity contribution is 6.27. The van der Waals surface area contributed by atoms with Gasteiger partial charge in [0, 0.05) is 0 Å². The van der Waals surface area contributed by atoms with Gasteiger partial charge < -0.3 is 0 Å². The van der Waals surface area contributed by atoms with Gasteiger partial charge >= 0.3 is 5.28 Å². The molecule has 0 N–H and O–H groups in total. The Labute approximate surface area is 51.7 Å². The second-order valence-corrected chi connectivity index (χ2v) is 1.81. The summed E-state index contributed by atoms with van der Waals surface area (Å²) in [5, 5.41) is 7.57. The Morgan fingerprint density at radius 3 is 2.50 bits per heavy atom. The van der Waals surface area contributed by atoms with Crippen molar-refractivity contribution in [2.45, 2.75) is 0 Å². The van der Waals surface area contributed by atoms with Gasteiger partial charge in [-0.25, -0.2) is 0 Å². The largest absolute Gasteiger partial charge is 0.395 e. The highest BCUT2D eigenvalue weighted by Gasteiger charge is 2.08. The summed E-state index contributed by atoms with van der Waals surface area (Å²) in [5.41, 5.74) is 0. The van der Waals surface area contributed by atoms with Crippen LogP contribution in [0.25, 0.3) is 0 Å². The predicted octanol–water partition coefficient (Wildman–Crippen LogP) is -0.707. The summed E-state index contributed by atoms with van der Waals surface area (Å²) in [6, 6.07) is 0. The van der Waals surface area contributed by atoms with Crippen LogP contribution in [0.5, 0.6) is 0 Å². The topological polar surface area (TPSA) is 34.6 Å². The molecule has 1 heterocycles. The number of nitrogens with zero attached hydrogens (tertiary/aromatic N) is 4. The van der Waals surface area contributed by atoms with Crippen molar-refractivity contribution in [3.8, 4) is 0 Å². The Morgan fingerprint density at radius 2 is 2.38 bits per heavy atom. The van der Waals surface area contributed by atoms with Gasteiger partial charge in [0.15, 0.2) is 5.21 Å². The van der Waals surface area contributed by atoms with Crippen molar-refractivity contribution in [2.24, 2.45) is 14.1 Å². The molecule has 0 saturated heterocycles. The maximum absolute atomic E-state index is 5.50. The normalized spacial score (nSPS) is 9.88. The molecule has 0 aliphatic rings. The van der Waals surface area contributed by atoms with E-state index in [1.54, 1.807) is 23.6 Å². The average Bonchev–Trinajstić information content (AvgIpc) is 1.98. The Bertz CT molecular complexity index is 174. The van der Waals surface area contributed by atoms with E-state index in [0.29, 0.717) is 5.28 Å². The molecule has 0 aliphatic heterocycles. The van der Waals surface area contributed by atoms with Crippen LogP contribution in [-0.2, 0) is 14.1 Å². The third kappa shape index (κ3) is 0.667. The standard InChI is InChI=1S/C3H6ClN4/c1-7-3(4)5-6-8(7)2/h1-2H3/q+1. The highest BCUT2D eigenvalue weighted by Crippen LogP contribution is 1.87. The molecule has 0 aromatic carbocycles. The molecule has 1 aromatic rings. The fraction of sp³-hybridized carbons (Fsp3) is 0.667. The minimum absolute atomic E-state index is 0.396. The molecule has 0 bridgehead atoms. The first-order valence-electron chi connectivity index (χ1n) is 2.13. The van der Waals surface area contributed by atoms with E-state index in [0.717, 1.165) is 0 Å². The smallest absolute Gasteiger partial charge is 0.149 e. The van der Waals surface area contributed by atoms with E-state index < -0.39 is 0 Å². The summed E-state index contributed by atoms with van der Waals surface area (Å²) >= 11 is 5.50. The van der Waals surface area contributed by atoms with Crippen molar-refractivity contribution in [3.05, 3.63) is 5.28 Å². The first-order valence-corrected chi connectivity index (χ1v) is 2.51. The highest BCUT2D eigenvalue weighted by atomic mass is 35.5. The van der Waals surface area contributed by atoms with Crippen LogP contribution in [-0.4, -0.2) is 15.1 Å². The molecule has 0 atom stereocenters. The van der Waals surface area contributed by atoms with Crippen molar-refractivity contribution in [1.82, 2.24) is 15.1 Å². The molecule has 0 amide bonds. The molecule has 0 aliphatic carbocycles. The zero-order valence-corrected chi connectivity index (χ0v) is 5.42. The number of hydrogen-bond donors (Lipinski definition) is 0. The summed E-state index contributed by atoms with van der Waals surface area (Å²) in [7, 11) is 3.54. The molecule has 0 spiro atoms. The Hall–Kier alpha value is -0.640. The van der Waals surface area contributed by atoms with Crippen LogP contribution in [0.1, 0.15) is 0 Å². The second-order valence-electron chi connectivity index (χ2n) is 1.47. The maximum atomic E-state index is 5.50. The maximum Gasteiger partial charge on any atom is 0.395 e. The third-order valence-corrected chi connectivity index (χ3v) is 1.28. The van der Waals surface area contributed by atoms with Gasteiger partial charge in [-0.15, -0.1) is 4.68 Å². The summed E-state index contributed by atoms with van der Waals surface area (Å²) in [6.45, 7) is 0. The fourth-order valence-corrected chi connectivity index (χ4v) is 0.489. The zero-order chi connectivity index (χ0) is 6.15. The molecular weight excluding hydrogens is 128 g/mol. The number of halogens is 1. The lowest BCUT2D eigenvalue weighted by molar-refractivity contribution is -0.754. The zero-order valence-electron chi connectivity index (χ0n) is 4.67. The van der Waals surface area contributed by atoms with E-state index >= 15 is 0 Å². The minimum atomic E-state index is 0.396. The minimum Gasteiger partial charge on any atom is -0.149 e. The molecule has 4 nitrogen and oxygen atoms in total. The monoisotopic (exact) mass is 133 g/mol. The number of hydrogen-bond acceptors (Lipinski definition) is 2. The van der Waals surface area contributed by atoms with Gasteiger partial charge in [0.05, 0.1) is 14.1 Å². The SMILES string of the molecule is Cn1nnc(Cl)[n+]1C. The van der Waals surface area contributed by atoms with Gasteiger partial charge in [-0.05, 0) is 11.6 Å². The average molecular weight is 134 g/mol. The number of aromatic nitrogens is 4. The van der Waals surface area contributed by atoms with Crippen LogP contribution < -0.4 is 4.68 Å². The molecule has 1 aromatic heterocycles. The van der Waals surface area contributed by atoms with E-state index in [2.05, 4.69) is 10.3 Å². The lowest BCUT2D eigenvalue weighted by Gasteiger charge is -1.82. The van der Waals surface area contributed by atoms with Gasteiger partial charge in [-0.3, -0.25) is 0 Å². The third-order valence-electron chi connectivity index (χ3n) is 0.958. The summed E-state index contributed by atoms with van der Waals surface area (Å²) in [4.78, 5) is 1.54. The first kappa shape index (κ1) is 5.50. The van der Waals surface area contributed by atoms with E-state index in [9.17, 15) is 0 Å². The first-order chi connectivity index (χ1) is 3.72. The van der Waals surface area contributed by atoms with Crippen LogP contribution in [0.4, 0.5) is 0 Å². The molecule has 44 valence electrons. The number of aryl methyl sites for hydroxylation is 1. The van der Waals surface area contributed by atoms with Crippen molar-refractivity contribution in [1.29, 1.82) is 0 Å². The Balaban J connectivity index is 3.19. The molecular formula is C3H6ClN4+. The van der Waals surface area contributed by atoms with E-state index in [1.807, 2.05) is 0 Å².